The Hall–Kier alpha value is -1.40. The summed E-state index contributed by atoms with van der Waals surface area (Å²) in [7, 11) is 0. The molecule has 2 aromatic heterocycles. The molecule has 0 saturated carbocycles. The third kappa shape index (κ3) is 2.71. The highest BCUT2D eigenvalue weighted by Crippen LogP contribution is 2.24. The lowest BCUT2D eigenvalue weighted by atomic mass is 10.2. The number of aromatic nitrogens is 3. The van der Waals surface area contributed by atoms with Gasteiger partial charge in [0.15, 0.2) is 5.82 Å². The van der Waals surface area contributed by atoms with Crippen molar-refractivity contribution >= 4 is 33.4 Å². The van der Waals surface area contributed by atoms with Gasteiger partial charge < -0.3 is 4.52 Å². The van der Waals surface area contributed by atoms with Gasteiger partial charge in [0.05, 0.1) is 16.8 Å². The molecule has 1 atom stereocenters. The summed E-state index contributed by atoms with van der Waals surface area (Å²) < 4.78 is 11.0. The van der Waals surface area contributed by atoms with E-state index in [0.717, 1.165) is 11.4 Å². The number of hydrogen-bond acceptors (Lipinski definition) is 6. The van der Waals surface area contributed by atoms with Gasteiger partial charge in [-0.05, 0) is 23.9 Å². The molecule has 0 fully saturated rings. The summed E-state index contributed by atoms with van der Waals surface area (Å²) >= 11 is 3.30. The summed E-state index contributed by atoms with van der Waals surface area (Å²) in [6.07, 6.45) is 2.70. The number of fused-ring (bicyclic) bond motifs is 1. The molecular formula is C14H15N3OS2. The van der Waals surface area contributed by atoms with E-state index in [0.29, 0.717) is 24.1 Å². The molecule has 0 bridgehead atoms. The molecule has 0 radical (unpaired) electrons. The molecule has 0 spiro atoms. The topological polar surface area (TPSA) is 51.8 Å². The largest absolute Gasteiger partial charge is 0.339 e. The number of nitrogens with zero attached hydrogens (tertiary/aromatic N) is 3. The number of rotatable bonds is 5. The van der Waals surface area contributed by atoms with Crippen LogP contribution in [-0.2, 0) is 6.42 Å². The molecule has 0 saturated heterocycles. The van der Waals surface area contributed by atoms with Crippen LogP contribution in [0.25, 0.3) is 10.1 Å². The van der Waals surface area contributed by atoms with Crippen molar-refractivity contribution in [3.05, 3.63) is 41.7 Å². The standard InChI is InChI=1S/C14H15N3OS2/c1-9(8-19-2)14-15-13(16-18-14)7-11-10-5-3-4-6-12(10)20-17-11/h3-6,9H,7-8H2,1-2H3. The van der Waals surface area contributed by atoms with Crippen LogP contribution < -0.4 is 0 Å². The highest BCUT2D eigenvalue weighted by Gasteiger charge is 2.15. The van der Waals surface area contributed by atoms with Crippen molar-refractivity contribution in [1.29, 1.82) is 0 Å². The van der Waals surface area contributed by atoms with Crippen LogP contribution in [0.2, 0.25) is 0 Å². The molecule has 4 nitrogen and oxygen atoms in total. The Morgan fingerprint density at radius 3 is 3.05 bits per heavy atom. The predicted octanol–water partition coefficient (Wildman–Crippen LogP) is 3.74. The molecular weight excluding hydrogens is 290 g/mol. The molecule has 0 amide bonds. The summed E-state index contributed by atoms with van der Waals surface area (Å²) in [6.45, 7) is 2.10. The fraction of sp³-hybridized carbons (Fsp3) is 0.357. The van der Waals surface area contributed by atoms with Crippen molar-refractivity contribution < 1.29 is 4.52 Å². The van der Waals surface area contributed by atoms with E-state index in [-0.39, 0.29) is 0 Å². The van der Waals surface area contributed by atoms with Crippen molar-refractivity contribution in [1.82, 2.24) is 14.5 Å². The summed E-state index contributed by atoms with van der Waals surface area (Å²) in [5.41, 5.74) is 1.02. The second-order valence-electron chi connectivity index (χ2n) is 4.71. The third-order valence-electron chi connectivity index (χ3n) is 3.10. The summed E-state index contributed by atoms with van der Waals surface area (Å²) in [5, 5.41) is 5.25. The van der Waals surface area contributed by atoms with Gasteiger partial charge in [0.25, 0.3) is 0 Å². The molecule has 3 aromatic rings. The second kappa shape index (κ2) is 5.93. The Morgan fingerprint density at radius 1 is 1.35 bits per heavy atom. The Bertz CT molecular complexity index is 707. The first-order valence-corrected chi connectivity index (χ1v) is 8.59. The van der Waals surface area contributed by atoms with Gasteiger partial charge in [-0.3, -0.25) is 0 Å². The van der Waals surface area contributed by atoms with Crippen LogP contribution in [0.15, 0.2) is 28.8 Å². The Morgan fingerprint density at radius 2 is 2.20 bits per heavy atom. The monoisotopic (exact) mass is 305 g/mol. The van der Waals surface area contributed by atoms with E-state index in [1.54, 1.807) is 11.8 Å². The van der Waals surface area contributed by atoms with Crippen molar-refractivity contribution in [3.63, 3.8) is 0 Å². The van der Waals surface area contributed by atoms with E-state index in [2.05, 4.69) is 39.8 Å². The zero-order valence-electron chi connectivity index (χ0n) is 11.4. The predicted molar refractivity (Wildman–Crippen MR) is 83.5 cm³/mol. The zero-order chi connectivity index (χ0) is 13.9. The SMILES string of the molecule is CSCC(C)c1nc(Cc2nsc3ccccc23)no1. The van der Waals surface area contributed by atoms with Crippen molar-refractivity contribution in [2.24, 2.45) is 0 Å². The highest BCUT2D eigenvalue weighted by atomic mass is 32.2. The minimum absolute atomic E-state index is 0.290. The van der Waals surface area contributed by atoms with Gasteiger partial charge in [-0.2, -0.15) is 21.1 Å². The van der Waals surface area contributed by atoms with E-state index in [1.165, 1.54) is 21.6 Å². The van der Waals surface area contributed by atoms with E-state index in [1.807, 2.05) is 12.1 Å². The minimum atomic E-state index is 0.290. The average Bonchev–Trinajstić information content (AvgIpc) is 3.08. The van der Waals surface area contributed by atoms with Gasteiger partial charge in [0.1, 0.15) is 0 Å². The van der Waals surface area contributed by atoms with Gasteiger partial charge in [-0.1, -0.05) is 30.3 Å². The summed E-state index contributed by atoms with van der Waals surface area (Å²) in [5.74, 6) is 2.71. The number of hydrogen-bond donors (Lipinski definition) is 0. The molecule has 1 aromatic carbocycles. The lowest BCUT2D eigenvalue weighted by Crippen LogP contribution is -1.98. The lowest BCUT2D eigenvalue weighted by molar-refractivity contribution is 0.362. The van der Waals surface area contributed by atoms with E-state index < -0.39 is 0 Å². The third-order valence-corrected chi connectivity index (χ3v) is 4.80. The lowest BCUT2D eigenvalue weighted by Gasteiger charge is -2.01. The van der Waals surface area contributed by atoms with Crippen molar-refractivity contribution in [2.45, 2.75) is 19.3 Å². The van der Waals surface area contributed by atoms with Gasteiger partial charge in [0, 0.05) is 17.1 Å². The zero-order valence-corrected chi connectivity index (χ0v) is 13.0. The number of benzene rings is 1. The summed E-state index contributed by atoms with van der Waals surface area (Å²) in [4.78, 5) is 4.48. The molecule has 0 aliphatic carbocycles. The maximum Gasteiger partial charge on any atom is 0.230 e. The second-order valence-corrected chi connectivity index (χ2v) is 6.42. The van der Waals surface area contributed by atoms with Gasteiger partial charge in [-0.15, -0.1) is 0 Å². The van der Waals surface area contributed by atoms with Crippen molar-refractivity contribution in [2.75, 3.05) is 12.0 Å². The quantitative estimate of drug-likeness (QED) is 0.719. The molecule has 0 N–H and O–H groups in total. The highest BCUT2D eigenvalue weighted by molar-refractivity contribution is 7.98. The Kier molecular flexibility index (Phi) is 4.03. The maximum atomic E-state index is 5.34. The Labute approximate surface area is 125 Å². The molecule has 0 aliphatic heterocycles. The van der Waals surface area contributed by atoms with Crippen LogP contribution in [-0.4, -0.2) is 26.5 Å². The van der Waals surface area contributed by atoms with Crippen molar-refractivity contribution in [3.8, 4) is 0 Å². The molecule has 0 aliphatic rings. The Balaban J connectivity index is 1.81. The number of thioether (sulfide) groups is 1. The van der Waals surface area contributed by atoms with E-state index >= 15 is 0 Å². The van der Waals surface area contributed by atoms with Crippen LogP contribution in [0, 0.1) is 0 Å². The van der Waals surface area contributed by atoms with E-state index in [4.69, 9.17) is 4.52 Å². The van der Waals surface area contributed by atoms with Gasteiger partial charge in [-0.25, -0.2) is 0 Å². The van der Waals surface area contributed by atoms with Gasteiger partial charge in [0.2, 0.25) is 5.89 Å². The average molecular weight is 305 g/mol. The molecule has 20 heavy (non-hydrogen) atoms. The smallest absolute Gasteiger partial charge is 0.230 e. The first-order valence-electron chi connectivity index (χ1n) is 6.42. The molecule has 6 heteroatoms. The first kappa shape index (κ1) is 13.6. The molecule has 104 valence electrons. The molecule has 3 rings (SSSR count). The normalized spacial score (nSPS) is 12.9. The maximum absolute atomic E-state index is 5.34. The molecule has 1 unspecified atom stereocenters. The van der Waals surface area contributed by atoms with Crippen LogP contribution in [0.1, 0.15) is 30.3 Å². The first-order chi connectivity index (χ1) is 9.78. The summed E-state index contributed by atoms with van der Waals surface area (Å²) in [6, 6.07) is 8.23. The van der Waals surface area contributed by atoms with Crippen LogP contribution in [0.5, 0.6) is 0 Å². The van der Waals surface area contributed by atoms with Crippen LogP contribution in [0.3, 0.4) is 0 Å². The minimum Gasteiger partial charge on any atom is -0.339 e. The van der Waals surface area contributed by atoms with Gasteiger partial charge >= 0.3 is 0 Å². The van der Waals surface area contributed by atoms with Crippen LogP contribution in [0.4, 0.5) is 0 Å². The van der Waals surface area contributed by atoms with Crippen LogP contribution >= 0.6 is 23.3 Å². The van der Waals surface area contributed by atoms with E-state index in [9.17, 15) is 0 Å². The molecule has 2 heterocycles. The fourth-order valence-corrected chi connectivity index (χ4v) is 3.51. The fourth-order valence-electron chi connectivity index (χ4n) is 2.08.